The highest BCUT2D eigenvalue weighted by molar-refractivity contribution is 8.77. The van der Waals surface area contributed by atoms with Crippen molar-refractivity contribution in [2.45, 2.75) is 105 Å². The minimum absolute atomic E-state index is 0.0189. The van der Waals surface area contributed by atoms with E-state index < -0.39 is 136 Å². The average Bonchev–Trinajstić information content (AvgIpc) is 0.801. The minimum Gasteiger partial charge on any atom is -0.490 e. The van der Waals surface area contributed by atoms with Gasteiger partial charge in [0.25, 0.3) is 37.6 Å². The second kappa shape index (κ2) is 39.6. The molecule has 1 fully saturated rings. The van der Waals surface area contributed by atoms with Crippen LogP contribution in [-0.4, -0.2) is 197 Å². The monoisotopic (exact) mass is 1680 g/mol. The quantitative estimate of drug-likeness (QED) is 0.00361. The Kier molecular flexibility index (Phi) is 32.6. The molecule has 4 amide bonds. The van der Waals surface area contributed by atoms with Gasteiger partial charge in [0.15, 0.2) is 21.1 Å². The van der Waals surface area contributed by atoms with Crippen molar-refractivity contribution in [3.63, 3.8) is 0 Å². The number of nitrogens with zero attached hydrogens (tertiary/aromatic N) is 3. The van der Waals surface area contributed by atoms with E-state index in [1.54, 1.807) is 63.4 Å². The number of carbonyl (C=O) groups excluding carboxylic acids is 4. The summed E-state index contributed by atoms with van der Waals surface area (Å²) in [6.45, 7) is 9.97. The molecule has 1 aliphatic carbocycles. The molecule has 11 N–H and O–H groups in total. The molecule has 0 bridgehead atoms. The van der Waals surface area contributed by atoms with Crippen LogP contribution in [0.4, 0.5) is 5.69 Å². The van der Waals surface area contributed by atoms with E-state index in [0.29, 0.717) is 5.75 Å². The topological polar surface area (TPSA) is 515 Å². The third kappa shape index (κ3) is 26.6. The molecule has 108 heavy (non-hydrogen) atoms. The summed E-state index contributed by atoms with van der Waals surface area (Å²) in [5, 5.41) is 10.8. The molecule has 3 aromatic carbocycles. The molecule has 36 nitrogen and oxygen atoms in total. The van der Waals surface area contributed by atoms with E-state index in [2.05, 4.69) is 51.7 Å². The second-order valence-electron chi connectivity index (χ2n) is 24.1. The number of aromatic nitrogens is 2. The first-order valence-corrected chi connectivity index (χ1v) is 44.8. The van der Waals surface area contributed by atoms with Crippen LogP contribution in [0, 0.1) is 11.8 Å². The fourth-order valence-corrected chi connectivity index (χ4v) is 18.6. The molecule has 7 atom stereocenters. The summed E-state index contributed by atoms with van der Waals surface area (Å²) in [7, 11) is -20.2. The minimum atomic E-state index is -5.84. The molecule has 3 heterocycles. The van der Waals surface area contributed by atoms with Gasteiger partial charge in [-0.3, -0.25) is 52.1 Å². The van der Waals surface area contributed by atoms with E-state index in [9.17, 15) is 78.2 Å². The second-order valence-corrected chi connectivity index (χ2v) is 37.1. The molecule has 4 unspecified atom stereocenters. The number of H-pyrrole nitrogens is 1. The maximum atomic E-state index is 14.4. The van der Waals surface area contributed by atoms with Crippen LogP contribution in [0.3, 0.4) is 0 Å². The van der Waals surface area contributed by atoms with Gasteiger partial charge in [-0.2, -0.15) is 25.5 Å². The molecule has 0 saturated carbocycles. The number of carbonyl (C=O) groups is 4. The maximum Gasteiger partial charge on any atom is 0.490 e. The Morgan fingerprint density at radius 3 is 2.28 bits per heavy atom. The Morgan fingerprint density at radius 2 is 1.59 bits per heavy atom. The fraction of sp³-hybridized carbons (Fsp3) is 0.444. The lowest BCUT2D eigenvalue weighted by Gasteiger charge is -2.23. The molecule has 7 rings (SSSR count). The molecular weight excluding hydrogens is 1600 g/mol. The van der Waals surface area contributed by atoms with Crippen LogP contribution in [0.2, 0.25) is 0 Å². The number of amides is 4. The molecule has 1 saturated heterocycles. The van der Waals surface area contributed by atoms with Crippen molar-refractivity contribution in [2.75, 3.05) is 90.9 Å². The van der Waals surface area contributed by atoms with Crippen LogP contribution >= 0.6 is 66.6 Å². The summed E-state index contributed by atoms with van der Waals surface area (Å²) in [5.74, 6) is 3.10. The molecule has 4 aromatic rings. The van der Waals surface area contributed by atoms with Gasteiger partial charge in [-0.25, -0.2) is 18.5 Å². The first-order chi connectivity index (χ1) is 50.7. The Labute approximate surface area is 635 Å². The largest absolute Gasteiger partial charge is 0.490 e. The van der Waals surface area contributed by atoms with Gasteiger partial charge < -0.3 is 73.8 Å². The molecule has 2 aliphatic heterocycles. The van der Waals surface area contributed by atoms with Gasteiger partial charge in [-0.05, 0) is 87.5 Å². The van der Waals surface area contributed by atoms with Gasteiger partial charge in [-0.1, -0.05) is 100 Å². The Hall–Kier alpha value is -6.46. The van der Waals surface area contributed by atoms with E-state index in [1.165, 1.54) is 91.5 Å². The van der Waals surface area contributed by atoms with Gasteiger partial charge in [0.05, 0.1) is 43.5 Å². The van der Waals surface area contributed by atoms with Crippen LogP contribution in [0.15, 0.2) is 108 Å². The number of fused-ring (bicyclic) bond motifs is 2. The summed E-state index contributed by atoms with van der Waals surface area (Å²) < 4.78 is 158. The van der Waals surface area contributed by atoms with Crippen molar-refractivity contribution < 1.29 is 120 Å². The van der Waals surface area contributed by atoms with E-state index in [0.717, 1.165) is 10.8 Å². The number of benzene rings is 4. The van der Waals surface area contributed by atoms with E-state index in [1.807, 2.05) is 20.8 Å². The number of rotatable bonds is 39. The fourth-order valence-electron chi connectivity index (χ4n) is 10.4. The normalized spacial score (nSPS) is 16.7. The van der Waals surface area contributed by atoms with Crippen molar-refractivity contribution in [2.24, 2.45) is 4.99 Å². The average molecular weight is 1680 g/mol. The predicted octanol–water partition coefficient (Wildman–Crippen LogP) is 6.76. The van der Waals surface area contributed by atoms with Crippen molar-refractivity contribution in [3.05, 3.63) is 122 Å². The number of anilines is 1. The van der Waals surface area contributed by atoms with Crippen LogP contribution < -0.4 is 42.6 Å². The molecule has 592 valence electrons. The Morgan fingerprint density at radius 1 is 0.870 bits per heavy atom. The first-order valence-electron chi connectivity index (χ1n) is 32.5. The van der Waals surface area contributed by atoms with Gasteiger partial charge in [0, 0.05) is 91.2 Å². The highest BCUT2D eigenvalue weighted by atomic mass is 33.1. The van der Waals surface area contributed by atoms with Crippen LogP contribution in [-0.2, 0) is 75.6 Å². The first kappa shape index (κ1) is 88.8. The molecule has 0 spiro atoms. The SMILES string of the molecule is CCN=c1ccc2c(-c3ccccc3C(=O)N(C)CCCC(=O)NCCNC(=O)c3cccc(OCC(OCCOCC(=O)NCC#Cc4cn([C@H]5CC(O[C@H](C)SSC)[C@@H](COP(=O)(O)OP(=O)(O)OP(=O)(O)O)O5)c(=O)[nH]c4=O)SSC(C)(C)C)c3)c3ccc(NCC)c(S(=O)(=O)O)c3oc-2c1S(=O)(=O)O. The predicted molar refractivity (Wildman–Crippen MR) is 402 cm³/mol. The summed E-state index contributed by atoms with van der Waals surface area (Å²) in [5.41, 5.74) is -2.98. The number of ether oxygens (including phenoxy) is 5. The third-order valence-electron chi connectivity index (χ3n) is 14.7. The zero-order valence-electron chi connectivity index (χ0n) is 59.1. The number of phosphoric acid groups is 3. The van der Waals surface area contributed by atoms with Gasteiger partial charge in [0.1, 0.15) is 47.7 Å². The number of phosphoric ester groups is 1. The van der Waals surface area contributed by atoms with Crippen molar-refractivity contribution in [1.82, 2.24) is 30.4 Å². The Balaban J connectivity index is 0.861. The number of nitrogens with one attached hydrogen (secondary N) is 5. The van der Waals surface area contributed by atoms with Gasteiger partial charge in [0.2, 0.25) is 11.8 Å². The summed E-state index contributed by atoms with van der Waals surface area (Å²) in [6.07, 6.45) is -0.596. The van der Waals surface area contributed by atoms with Crippen LogP contribution in [0.5, 0.6) is 5.75 Å². The lowest BCUT2D eigenvalue weighted by Crippen LogP contribution is -2.35. The standard InChI is InChI=1S/C63H81N8O28P3S6/c1-9-64-46-24-22-44-54(45-23-25-47(65-10-2)58(108(88,89)90)56(45)97-55(44)57(46)107(85,86)87)42-19-11-12-20-43(42)61(76)70(7)29-15-21-50(72)67-27-28-68-59(74)39-16-13-18-41(32-39)93-37-53(105-106-63(4,5)6)92-31-30-91-36-51(73)66-26-14-17-40-34-71(62(77)69-60(40)75)52-33-48(95-38(3)104-103-8)49(96-52)35-94-101(81,82)99-102(83,84)98-100(78,79)80/h11-13,16,18-20,22-25,32,34,38,48-49,52-53,64H,9-10,15,21,26-31,33,35-37H2,1-8H3,(H,66,73)(H,67,72)(H,68,74)(H,81,82)(H,83,84)(H,69,75,77)(H2,78,79,80)(H,85,86,87)(H,88,89,90)/t38-,48?,49+,52+,53?/m0/s1. The zero-order chi connectivity index (χ0) is 79.5. The van der Waals surface area contributed by atoms with Crippen molar-refractivity contribution in [3.8, 4) is 40.0 Å². The molecular formula is C63H81N8O28P3S6. The van der Waals surface area contributed by atoms with Crippen LogP contribution in [0.25, 0.3) is 33.4 Å². The smallest absolute Gasteiger partial charge is 0.490 e. The van der Waals surface area contributed by atoms with Crippen molar-refractivity contribution >= 4 is 127 Å². The van der Waals surface area contributed by atoms with E-state index in [4.69, 9.17) is 42.4 Å². The zero-order valence-corrected chi connectivity index (χ0v) is 66.7. The van der Waals surface area contributed by atoms with E-state index in [-0.39, 0.29) is 139 Å². The Bertz CT molecular complexity index is 4850. The summed E-state index contributed by atoms with van der Waals surface area (Å²) in [4.78, 5) is 123. The maximum absolute atomic E-state index is 14.4. The van der Waals surface area contributed by atoms with Crippen molar-refractivity contribution in [1.29, 1.82) is 0 Å². The molecule has 45 heteroatoms. The highest BCUT2D eigenvalue weighted by Gasteiger charge is 2.44. The summed E-state index contributed by atoms with van der Waals surface area (Å²) in [6, 6.07) is 18.4. The molecule has 1 aromatic heterocycles. The highest BCUT2D eigenvalue weighted by Crippen LogP contribution is 2.66. The summed E-state index contributed by atoms with van der Waals surface area (Å²) >= 11 is 0. The lowest BCUT2D eigenvalue weighted by atomic mass is 9.90. The number of hydrogen-bond donors (Lipinski definition) is 11. The molecule has 3 aliphatic rings. The van der Waals surface area contributed by atoms with E-state index >= 15 is 0 Å². The van der Waals surface area contributed by atoms with Gasteiger partial charge >= 0.3 is 29.2 Å². The van der Waals surface area contributed by atoms with Gasteiger partial charge in [-0.15, -0.1) is 0 Å². The number of hydrogen-bond acceptors (Lipinski definition) is 28. The lowest BCUT2D eigenvalue weighted by molar-refractivity contribution is -0.126. The van der Waals surface area contributed by atoms with Crippen LogP contribution in [0.1, 0.15) is 93.3 Å². The third-order valence-corrected chi connectivity index (χ3v) is 25.8. The molecule has 0 radical (unpaired) electrons. The number of aromatic amines is 1.